The monoisotopic (exact) mass is 519 g/mol. The molecule has 35 heavy (non-hydrogen) atoms. The third kappa shape index (κ3) is 6.32. The molecule has 0 bridgehead atoms. The Morgan fingerprint density at radius 2 is 1.91 bits per heavy atom. The minimum Gasteiger partial charge on any atom is -0.425 e. The summed E-state index contributed by atoms with van der Waals surface area (Å²) in [5, 5.41) is 13.4. The van der Waals surface area contributed by atoms with Crippen LogP contribution in [0, 0.1) is 0 Å². The van der Waals surface area contributed by atoms with Crippen molar-refractivity contribution in [3.8, 4) is 0 Å². The molecule has 4 rings (SSSR count). The maximum atomic E-state index is 12.7. The summed E-state index contributed by atoms with van der Waals surface area (Å²) in [5.41, 5.74) is 1.82. The SMILES string of the molecule is O=C(Nc1ccc(N2CCOCC2=O)cc1)O[C@@H]1C[C@@H](O)CN1C(=O)C=Cc1ccc(Cl)c(Cl)c1. The van der Waals surface area contributed by atoms with E-state index >= 15 is 0 Å². The number of anilines is 2. The molecular weight excluding hydrogens is 497 g/mol. The number of halogens is 2. The van der Waals surface area contributed by atoms with E-state index in [9.17, 15) is 19.5 Å². The Kier molecular flexibility index (Phi) is 7.92. The van der Waals surface area contributed by atoms with Crippen molar-refractivity contribution in [2.24, 2.45) is 0 Å². The van der Waals surface area contributed by atoms with Crippen molar-refractivity contribution in [1.29, 1.82) is 0 Å². The van der Waals surface area contributed by atoms with E-state index in [4.69, 9.17) is 32.7 Å². The lowest BCUT2D eigenvalue weighted by molar-refractivity contribution is -0.132. The molecule has 0 saturated carbocycles. The van der Waals surface area contributed by atoms with Gasteiger partial charge in [-0.3, -0.25) is 14.9 Å². The summed E-state index contributed by atoms with van der Waals surface area (Å²) in [6.07, 6.45) is 0.454. The van der Waals surface area contributed by atoms with Crippen molar-refractivity contribution >= 4 is 58.6 Å². The zero-order chi connectivity index (χ0) is 24.9. The summed E-state index contributed by atoms with van der Waals surface area (Å²) in [5.74, 6) is -0.556. The number of ether oxygens (including phenoxy) is 2. The fourth-order valence-corrected chi connectivity index (χ4v) is 4.10. The first-order valence-electron chi connectivity index (χ1n) is 10.9. The zero-order valence-electron chi connectivity index (χ0n) is 18.5. The quantitative estimate of drug-likeness (QED) is 0.584. The number of nitrogens with one attached hydrogen (secondary N) is 1. The van der Waals surface area contributed by atoms with Crippen LogP contribution in [0.2, 0.25) is 10.0 Å². The van der Waals surface area contributed by atoms with Gasteiger partial charge in [0.1, 0.15) is 6.61 Å². The number of aliphatic hydroxyl groups is 1. The fourth-order valence-electron chi connectivity index (χ4n) is 3.79. The van der Waals surface area contributed by atoms with Crippen molar-refractivity contribution < 1.29 is 29.0 Å². The Balaban J connectivity index is 1.35. The highest BCUT2D eigenvalue weighted by molar-refractivity contribution is 6.42. The highest BCUT2D eigenvalue weighted by Crippen LogP contribution is 2.25. The van der Waals surface area contributed by atoms with Gasteiger partial charge in [0, 0.05) is 30.4 Å². The molecular formula is C24H23Cl2N3O6. The number of hydrogen-bond donors (Lipinski definition) is 2. The van der Waals surface area contributed by atoms with Gasteiger partial charge in [-0.05, 0) is 48.0 Å². The molecule has 3 amide bonds. The number of amides is 3. The van der Waals surface area contributed by atoms with Crippen LogP contribution in [-0.4, -0.2) is 66.5 Å². The van der Waals surface area contributed by atoms with Gasteiger partial charge in [-0.15, -0.1) is 0 Å². The van der Waals surface area contributed by atoms with Crippen molar-refractivity contribution in [2.45, 2.75) is 18.8 Å². The van der Waals surface area contributed by atoms with Crippen LogP contribution in [0.15, 0.2) is 48.5 Å². The molecule has 2 aromatic rings. The number of hydrogen-bond acceptors (Lipinski definition) is 6. The second kappa shape index (κ2) is 11.1. The first kappa shape index (κ1) is 25.0. The largest absolute Gasteiger partial charge is 0.425 e. The molecule has 9 nitrogen and oxygen atoms in total. The number of carbonyl (C=O) groups is 3. The van der Waals surface area contributed by atoms with E-state index in [0.29, 0.717) is 40.1 Å². The van der Waals surface area contributed by atoms with Gasteiger partial charge in [0.15, 0.2) is 6.23 Å². The molecule has 2 fully saturated rings. The molecule has 2 aliphatic rings. The van der Waals surface area contributed by atoms with E-state index in [1.807, 2.05) is 0 Å². The van der Waals surface area contributed by atoms with Gasteiger partial charge in [0.2, 0.25) is 5.91 Å². The average Bonchev–Trinajstić information content (AvgIpc) is 3.20. The predicted octanol–water partition coefficient (Wildman–Crippen LogP) is 3.54. The lowest BCUT2D eigenvalue weighted by Gasteiger charge is -2.27. The number of carbonyl (C=O) groups excluding carboxylic acids is 3. The molecule has 0 radical (unpaired) electrons. The minimum atomic E-state index is -0.929. The summed E-state index contributed by atoms with van der Waals surface area (Å²) in [4.78, 5) is 40.0. The number of nitrogens with zero attached hydrogens (tertiary/aromatic N) is 2. The van der Waals surface area contributed by atoms with E-state index in [2.05, 4.69) is 5.32 Å². The summed E-state index contributed by atoms with van der Waals surface area (Å²) < 4.78 is 10.5. The molecule has 0 unspecified atom stereocenters. The molecule has 2 aliphatic heterocycles. The fraction of sp³-hybridized carbons (Fsp3) is 0.292. The number of β-amino-alcohol motifs (C(OH)–C–C–N with tert-alkyl or cyclic N) is 1. The first-order chi connectivity index (χ1) is 16.8. The van der Waals surface area contributed by atoms with Gasteiger partial charge in [-0.2, -0.15) is 0 Å². The lowest BCUT2D eigenvalue weighted by atomic mass is 10.2. The predicted molar refractivity (Wildman–Crippen MR) is 131 cm³/mol. The summed E-state index contributed by atoms with van der Waals surface area (Å²) in [6, 6.07) is 11.7. The van der Waals surface area contributed by atoms with Crippen molar-refractivity contribution in [1.82, 2.24) is 4.90 Å². The van der Waals surface area contributed by atoms with Crippen LogP contribution in [0.4, 0.5) is 16.2 Å². The van der Waals surface area contributed by atoms with E-state index in [1.54, 1.807) is 53.4 Å². The Morgan fingerprint density at radius 1 is 1.14 bits per heavy atom. The first-order valence-corrected chi connectivity index (χ1v) is 11.6. The van der Waals surface area contributed by atoms with Crippen LogP contribution in [0.1, 0.15) is 12.0 Å². The molecule has 2 aromatic carbocycles. The van der Waals surface area contributed by atoms with E-state index in [-0.39, 0.29) is 25.5 Å². The molecule has 2 N–H and O–H groups in total. The summed E-state index contributed by atoms with van der Waals surface area (Å²) in [6.45, 7) is 0.992. The molecule has 2 saturated heterocycles. The molecule has 0 aromatic heterocycles. The normalized spacial score (nSPS) is 20.4. The van der Waals surface area contributed by atoms with Crippen molar-refractivity contribution in [2.75, 3.05) is 36.5 Å². The second-order valence-corrected chi connectivity index (χ2v) is 8.83. The minimum absolute atomic E-state index is 0.0325. The number of rotatable bonds is 5. The number of morpholine rings is 1. The molecule has 11 heteroatoms. The van der Waals surface area contributed by atoms with Crippen LogP contribution in [-0.2, 0) is 19.1 Å². The van der Waals surface area contributed by atoms with Gasteiger partial charge in [0.05, 0.1) is 29.3 Å². The molecule has 2 atom stereocenters. The van der Waals surface area contributed by atoms with Crippen LogP contribution in [0.3, 0.4) is 0 Å². The van der Waals surface area contributed by atoms with E-state index < -0.39 is 24.3 Å². The van der Waals surface area contributed by atoms with Gasteiger partial charge < -0.3 is 24.4 Å². The topological polar surface area (TPSA) is 108 Å². The Morgan fingerprint density at radius 3 is 2.63 bits per heavy atom. The number of benzene rings is 2. The maximum absolute atomic E-state index is 12.7. The molecule has 0 aliphatic carbocycles. The standard InChI is InChI=1S/C24H23Cl2N3O6/c25-19-7-1-15(11-20(19)26)2-8-21(31)29-13-18(30)12-23(29)35-24(33)27-16-3-5-17(6-4-16)28-9-10-34-14-22(28)32/h1-8,11,18,23,30H,9-10,12-14H2,(H,27,33)/t18-,23-/m1/s1. The van der Waals surface area contributed by atoms with Crippen molar-refractivity contribution in [3.05, 3.63) is 64.1 Å². The zero-order valence-corrected chi connectivity index (χ0v) is 20.0. The van der Waals surface area contributed by atoms with Gasteiger partial charge >= 0.3 is 6.09 Å². The van der Waals surface area contributed by atoms with Crippen LogP contribution in [0.25, 0.3) is 6.08 Å². The summed E-state index contributed by atoms with van der Waals surface area (Å²) in [7, 11) is 0. The number of likely N-dealkylation sites (tertiary alicyclic amines) is 1. The maximum Gasteiger partial charge on any atom is 0.413 e. The highest BCUT2D eigenvalue weighted by Gasteiger charge is 2.36. The summed E-state index contributed by atoms with van der Waals surface area (Å²) >= 11 is 11.9. The third-order valence-corrected chi connectivity index (χ3v) is 6.27. The van der Waals surface area contributed by atoms with Crippen LogP contribution >= 0.6 is 23.2 Å². The van der Waals surface area contributed by atoms with Gasteiger partial charge in [0.25, 0.3) is 5.91 Å². The third-order valence-electron chi connectivity index (χ3n) is 5.53. The Bertz CT molecular complexity index is 1140. The average molecular weight is 520 g/mol. The van der Waals surface area contributed by atoms with E-state index in [1.165, 1.54) is 11.0 Å². The number of aliphatic hydroxyl groups excluding tert-OH is 1. The van der Waals surface area contributed by atoms with Crippen molar-refractivity contribution in [3.63, 3.8) is 0 Å². The lowest BCUT2D eigenvalue weighted by Crippen LogP contribution is -2.41. The Hall–Kier alpha value is -3.11. The Labute approximate surface area is 211 Å². The van der Waals surface area contributed by atoms with Gasteiger partial charge in [-0.25, -0.2) is 4.79 Å². The second-order valence-electron chi connectivity index (χ2n) is 8.02. The molecule has 184 valence electrons. The molecule has 0 spiro atoms. The van der Waals surface area contributed by atoms with E-state index in [0.717, 1.165) is 0 Å². The molecule has 2 heterocycles. The van der Waals surface area contributed by atoms with Crippen LogP contribution in [0.5, 0.6) is 0 Å². The van der Waals surface area contributed by atoms with Gasteiger partial charge in [-0.1, -0.05) is 29.3 Å². The highest BCUT2D eigenvalue weighted by atomic mass is 35.5. The smallest absolute Gasteiger partial charge is 0.413 e. The van der Waals surface area contributed by atoms with Crippen LogP contribution < -0.4 is 10.2 Å².